The minimum Gasteiger partial charge on any atom is -0.481 e. The molecular weight excluding hydrogens is 430 g/mol. The predicted octanol–water partition coefficient (Wildman–Crippen LogP) is 2.99. The number of carbonyl (C=O) groups is 2. The Morgan fingerprint density at radius 1 is 1.24 bits per heavy atom. The molecule has 0 radical (unpaired) electrons. The summed E-state index contributed by atoms with van der Waals surface area (Å²) in [5, 5.41) is 29.6. The quantitative estimate of drug-likeness (QED) is 0.295. The Hall–Kier alpha value is -2.46. The van der Waals surface area contributed by atoms with Gasteiger partial charge in [-0.15, -0.1) is 0 Å². The molecule has 2 aromatic rings. The number of benzene rings is 1. The summed E-state index contributed by atoms with van der Waals surface area (Å²) in [6.07, 6.45) is 0.237. The molecule has 182 valence electrons. The van der Waals surface area contributed by atoms with Crippen molar-refractivity contribution in [2.24, 2.45) is 0 Å². The Balaban J connectivity index is 1.43. The summed E-state index contributed by atoms with van der Waals surface area (Å²) in [5.74, 6) is -1.49. The molecule has 1 aromatic heterocycles. The first kappa shape index (κ1) is 25.2. The fraction of sp³-hybridized carbons (Fsp3) is 0.583. The van der Waals surface area contributed by atoms with Crippen molar-refractivity contribution in [2.45, 2.75) is 89.2 Å². The third kappa shape index (κ3) is 7.01. The van der Waals surface area contributed by atoms with Crippen molar-refractivity contribution >= 4 is 22.8 Å². The minimum atomic E-state index is -1.01. The van der Waals surface area contributed by atoms with E-state index in [2.05, 4.69) is 4.98 Å². The van der Waals surface area contributed by atoms with Crippen molar-refractivity contribution in [3.8, 4) is 0 Å². The fourth-order valence-corrected chi connectivity index (χ4v) is 4.05. The number of aromatic nitrogens is 1. The lowest BCUT2D eigenvalue weighted by molar-refractivity contribution is -0.273. The van der Waals surface area contributed by atoms with Gasteiger partial charge in [-0.25, -0.2) is 4.79 Å². The Labute approximate surface area is 192 Å². The van der Waals surface area contributed by atoms with E-state index in [-0.39, 0.29) is 18.9 Å². The molecule has 33 heavy (non-hydrogen) atoms. The van der Waals surface area contributed by atoms with Gasteiger partial charge in [0, 0.05) is 23.5 Å². The molecule has 6 atom stereocenters. The summed E-state index contributed by atoms with van der Waals surface area (Å²) in [4.78, 5) is 26.3. The van der Waals surface area contributed by atoms with Gasteiger partial charge < -0.3 is 34.5 Å². The molecule has 1 aliphatic rings. The molecule has 0 amide bonds. The van der Waals surface area contributed by atoms with E-state index < -0.39 is 42.6 Å². The number of aliphatic hydroxyl groups excluding tert-OH is 2. The van der Waals surface area contributed by atoms with Crippen LogP contribution in [0.3, 0.4) is 0 Å². The summed E-state index contributed by atoms with van der Waals surface area (Å²) < 4.78 is 17.3. The lowest BCUT2D eigenvalue weighted by Gasteiger charge is -2.38. The fourth-order valence-electron chi connectivity index (χ4n) is 4.05. The van der Waals surface area contributed by atoms with Crippen LogP contribution in [0.5, 0.6) is 0 Å². The van der Waals surface area contributed by atoms with E-state index in [4.69, 9.17) is 19.3 Å². The third-order valence-electron chi connectivity index (χ3n) is 5.90. The van der Waals surface area contributed by atoms with Crippen molar-refractivity contribution in [3.63, 3.8) is 0 Å². The van der Waals surface area contributed by atoms with Gasteiger partial charge in [0.25, 0.3) is 0 Å². The predicted molar refractivity (Wildman–Crippen MR) is 120 cm³/mol. The molecule has 9 nitrogen and oxygen atoms in total. The number of aliphatic carboxylic acids is 1. The second kappa shape index (κ2) is 11.6. The van der Waals surface area contributed by atoms with Gasteiger partial charge >= 0.3 is 11.9 Å². The van der Waals surface area contributed by atoms with Gasteiger partial charge in [-0.05, 0) is 32.8 Å². The van der Waals surface area contributed by atoms with Gasteiger partial charge in [-0.2, -0.15) is 0 Å². The second-order valence-corrected chi connectivity index (χ2v) is 8.69. The summed E-state index contributed by atoms with van der Waals surface area (Å²) in [6, 6.07) is 7.45. The number of carboxylic acids is 1. The number of esters is 1. The van der Waals surface area contributed by atoms with Crippen LogP contribution in [0.15, 0.2) is 30.5 Å². The van der Waals surface area contributed by atoms with Gasteiger partial charge in [0.15, 0.2) is 6.29 Å². The van der Waals surface area contributed by atoms with Crippen LogP contribution in [0.1, 0.15) is 62.7 Å². The number of H-pyrrole nitrogens is 1. The molecule has 0 aliphatic carbocycles. The average molecular weight is 464 g/mol. The molecular formula is C24H33NO8. The highest BCUT2D eigenvalue weighted by atomic mass is 16.7. The third-order valence-corrected chi connectivity index (χ3v) is 5.90. The number of para-hydroxylation sites is 1. The molecule has 0 bridgehead atoms. The standard InChI is InChI=1S/C24H33NO8/c1-14(7-3-4-8-16(26)11-22(28)29)31-24-20(27)12-21(15(2)32-24)33-23(30)18-13-25-19-10-6-5-9-17(18)19/h5-6,9-10,13-16,20-21,24-27H,3-4,7-8,11-12H2,1-2H3,(H,28,29)/t14-,15+,16-,20-,21-,24-/m1/s1. The molecule has 1 saturated heterocycles. The van der Waals surface area contributed by atoms with Crippen LogP contribution >= 0.6 is 0 Å². The molecule has 1 aliphatic heterocycles. The lowest BCUT2D eigenvalue weighted by atomic mass is 10.0. The number of carboxylic acid groups (broad SMARTS) is 1. The van der Waals surface area contributed by atoms with Gasteiger partial charge in [-0.1, -0.05) is 31.0 Å². The summed E-state index contributed by atoms with van der Waals surface area (Å²) in [6.45, 7) is 3.65. The van der Waals surface area contributed by atoms with Gasteiger partial charge in [-0.3, -0.25) is 4.79 Å². The Morgan fingerprint density at radius 3 is 2.73 bits per heavy atom. The molecule has 1 aromatic carbocycles. The monoisotopic (exact) mass is 463 g/mol. The maximum absolute atomic E-state index is 12.7. The van der Waals surface area contributed by atoms with E-state index in [1.165, 1.54) is 0 Å². The normalized spacial score (nSPS) is 25.0. The number of nitrogens with one attached hydrogen (secondary N) is 1. The average Bonchev–Trinajstić information content (AvgIpc) is 3.18. The number of ether oxygens (including phenoxy) is 3. The Morgan fingerprint density at radius 2 is 1.97 bits per heavy atom. The van der Waals surface area contributed by atoms with Gasteiger partial charge in [0.2, 0.25) is 0 Å². The number of hydrogen-bond donors (Lipinski definition) is 4. The van der Waals surface area contributed by atoms with E-state index in [9.17, 15) is 19.8 Å². The smallest absolute Gasteiger partial charge is 0.340 e. The van der Waals surface area contributed by atoms with Crippen LogP contribution in [0.4, 0.5) is 0 Å². The van der Waals surface area contributed by atoms with E-state index in [0.29, 0.717) is 24.8 Å². The number of aliphatic hydroxyl groups is 2. The SMILES string of the molecule is C[C@H](CCCC[C@@H](O)CC(=O)O)O[C@@H]1O[C@@H](C)[C@H](OC(=O)c2c[nH]c3ccccc23)C[C@H]1O. The number of carbonyl (C=O) groups excluding carboxylic acids is 1. The first-order valence-electron chi connectivity index (χ1n) is 11.4. The Kier molecular flexibility index (Phi) is 8.85. The molecule has 3 rings (SSSR count). The summed E-state index contributed by atoms with van der Waals surface area (Å²) >= 11 is 0. The zero-order valence-corrected chi connectivity index (χ0v) is 19.0. The van der Waals surface area contributed by atoms with Gasteiger partial charge in [0.05, 0.1) is 30.3 Å². The van der Waals surface area contributed by atoms with Gasteiger partial charge in [0.1, 0.15) is 12.2 Å². The topological polar surface area (TPSA) is 138 Å². The highest BCUT2D eigenvalue weighted by Crippen LogP contribution is 2.27. The first-order valence-corrected chi connectivity index (χ1v) is 11.4. The molecule has 9 heteroatoms. The first-order chi connectivity index (χ1) is 15.7. The van der Waals surface area contributed by atoms with Crippen LogP contribution in [-0.4, -0.2) is 69.1 Å². The highest BCUT2D eigenvalue weighted by Gasteiger charge is 2.38. The van der Waals surface area contributed by atoms with Crippen LogP contribution in [0, 0.1) is 0 Å². The van der Waals surface area contributed by atoms with Crippen molar-refractivity contribution in [3.05, 3.63) is 36.0 Å². The molecule has 4 N–H and O–H groups in total. The number of unbranched alkanes of at least 4 members (excludes halogenated alkanes) is 1. The van der Waals surface area contributed by atoms with E-state index in [1.54, 1.807) is 13.1 Å². The number of hydrogen-bond acceptors (Lipinski definition) is 7. The van der Waals surface area contributed by atoms with Crippen molar-refractivity contribution in [1.82, 2.24) is 4.98 Å². The zero-order valence-electron chi connectivity index (χ0n) is 19.0. The molecule has 0 spiro atoms. The number of aromatic amines is 1. The molecule has 1 fully saturated rings. The van der Waals surface area contributed by atoms with E-state index in [1.807, 2.05) is 31.2 Å². The van der Waals surface area contributed by atoms with Crippen LogP contribution in [0.2, 0.25) is 0 Å². The largest absolute Gasteiger partial charge is 0.481 e. The van der Waals surface area contributed by atoms with Crippen molar-refractivity contribution < 1.29 is 39.1 Å². The number of rotatable bonds is 11. The van der Waals surface area contributed by atoms with Crippen molar-refractivity contribution in [2.75, 3.05) is 0 Å². The minimum absolute atomic E-state index is 0.196. The summed E-state index contributed by atoms with van der Waals surface area (Å²) in [5.41, 5.74) is 1.28. The highest BCUT2D eigenvalue weighted by molar-refractivity contribution is 6.04. The maximum atomic E-state index is 12.7. The lowest BCUT2D eigenvalue weighted by Crippen LogP contribution is -2.49. The van der Waals surface area contributed by atoms with E-state index >= 15 is 0 Å². The van der Waals surface area contributed by atoms with E-state index in [0.717, 1.165) is 17.3 Å². The van der Waals surface area contributed by atoms with Crippen molar-refractivity contribution in [1.29, 1.82) is 0 Å². The van der Waals surface area contributed by atoms with Crippen LogP contribution < -0.4 is 0 Å². The molecule has 0 saturated carbocycles. The number of fused-ring (bicyclic) bond motifs is 1. The molecule has 0 unspecified atom stereocenters. The second-order valence-electron chi connectivity index (χ2n) is 8.69. The Bertz CT molecular complexity index is 928. The summed E-state index contributed by atoms with van der Waals surface area (Å²) in [7, 11) is 0. The maximum Gasteiger partial charge on any atom is 0.340 e. The van der Waals surface area contributed by atoms with Crippen LogP contribution in [-0.2, 0) is 19.0 Å². The zero-order chi connectivity index (χ0) is 24.0. The van der Waals surface area contributed by atoms with Crippen LogP contribution in [0.25, 0.3) is 10.9 Å². The molecule has 2 heterocycles.